The topological polar surface area (TPSA) is 71.3 Å². The van der Waals surface area contributed by atoms with E-state index < -0.39 is 0 Å². The highest BCUT2D eigenvalue weighted by Crippen LogP contribution is 2.26. The smallest absolute Gasteiger partial charge is 0.286 e. The van der Waals surface area contributed by atoms with Crippen molar-refractivity contribution in [2.45, 2.75) is 13.5 Å². The molecule has 3 rings (SSSR count). The molecule has 0 radical (unpaired) electrons. The van der Waals surface area contributed by atoms with Gasteiger partial charge in [0, 0.05) is 13.2 Å². The number of thiazole rings is 1. The minimum atomic E-state index is -0.375. The van der Waals surface area contributed by atoms with Gasteiger partial charge in [-0.2, -0.15) is 4.99 Å². The molecule has 1 amide bonds. The van der Waals surface area contributed by atoms with Gasteiger partial charge in [-0.3, -0.25) is 4.79 Å². The second kappa shape index (κ2) is 10.1. The van der Waals surface area contributed by atoms with E-state index in [4.69, 9.17) is 18.9 Å². The molecule has 0 aliphatic rings. The molecule has 0 saturated heterocycles. The highest BCUT2D eigenvalue weighted by Gasteiger charge is 2.11. The van der Waals surface area contributed by atoms with Gasteiger partial charge in [0.15, 0.2) is 22.9 Å². The first-order valence-corrected chi connectivity index (χ1v) is 10.1. The second-order valence-corrected chi connectivity index (χ2v) is 7.02. The number of para-hydroxylation sites is 2. The molecule has 0 unspecified atom stereocenters. The number of carbonyl (C=O) groups excluding carboxylic acids is 1. The summed E-state index contributed by atoms with van der Waals surface area (Å²) < 4.78 is 24.6. The van der Waals surface area contributed by atoms with Gasteiger partial charge < -0.3 is 23.5 Å². The Bertz CT molecular complexity index is 1040. The number of rotatable bonds is 9. The van der Waals surface area contributed by atoms with Crippen LogP contribution in [-0.2, 0) is 16.1 Å². The lowest BCUT2D eigenvalue weighted by atomic mass is 10.3. The Morgan fingerprint density at radius 2 is 1.90 bits per heavy atom. The van der Waals surface area contributed by atoms with Crippen LogP contribution in [0.1, 0.15) is 6.92 Å². The Morgan fingerprint density at radius 1 is 1.10 bits per heavy atom. The molecule has 29 heavy (non-hydrogen) atoms. The molecule has 0 N–H and O–H groups in total. The van der Waals surface area contributed by atoms with Crippen molar-refractivity contribution in [2.75, 3.05) is 34.0 Å². The largest absolute Gasteiger partial charge is 0.497 e. The van der Waals surface area contributed by atoms with E-state index in [9.17, 15) is 4.79 Å². The van der Waals surface area contributed by atoms with Crippen LogP contribution in [0.5, 0.6) is 17.2 Å². The SMILES string of the molecule is CCOCCn1c(=NC(=O)COc2ccccc2OC)sc2cc(OC)ccc21. The van der Waals surface area contributed by atoms with E-state index in [-0.39, 0.29) is 12.5 Å². The molecule has 0 spiro atoms. The lowest BCUT2D eigenvalue weighted by molar-refractivity contribution is -0.120. The Hall–Kier alpha value is -2.84. The van der Waals surface area contributed by atoms with Crippen molar-refractivity contribution >= 4 is 27.5 Å². The number of benzene rings is 2. The first-order valence-electron chi connectivity index (χ1n) is 9.24. The van der Waals surface area contributed by atoms with E-state index in [1.54, 1.807) is 26.4 Å². The molecule has 3 aromatic rings. The van der Waals surface area contributed by atoms with E-state index in [1.165, 1.54) is 11.3 Å². The molecule has 2 aromatic carbocycles. The third kappa shape index (κ3) is 5.16. The Morgan fingerprint density at radius 3 is 2.62 bits per heavy atom. The van der Waals surface area contributed by atoms with Crippen molar-refractivity contribution in [1.29, 1.82) is 0 Å². The number of nitrogens with zero attached hydrogens (tertiary/aromatic N) is 2. The summed E-state index contributed by atoms with van der Waals surface area (Å²) in [7, 11) is 3.18. The van der Waals surface area contributed by atoms with E-state index in [0.29, 0.717) is 36.1 Å². The molecule has 1 aromatic heterocycles. The van der Waals surface area contributed by atoms with Crippen LogP contribution in [0, 0.1) is 0 Å². The number of aromatic nitrogens is 1. The predicted molar refractivity (Wildman–Crippen MR) is 112 cm³/mol. The Labute approximate surface area is 173 Å². The number of carbonyl (C=O) groups is 1. The highest BCUT2D eigenvalue weighted by molar-refractivity contribution is 7.16. The van der Waals surface area contributed by atoms with Gasteiger partial charge in [0.25, 0.3) is 5.91 Å². The summed E-state index contributed by atoms with van der Waals surface area (Å²) in [4.78, 5) is 17.4. The molecule has 0 aliphatic heterocycles. The van der Waals surface area contributed by atoms with Crippen molar-refractivity contribution in [2.24, 2.45) is 4.99 Å². The van der Waals surface area contributed by atoms with Crippen LogP contribution in [0.2, 0.25) is 0 Å². The van der Waals surface area contributed by atoms with E-state index >= 15 is 0 Å². The number of methoxy groups -OCH3 is 2. The Balaban J connectivity index is 1.86. The minimum absolute atomic E-state index is 0.177. The van der Waals surface area contributed by atoms with Crippen molar-refractivity contribution in [3.8, 4) is 17.2 Å². The molecule has 0 atom stereocenters. The van der Waals surface area contributed by atoms with Crippen LogP contribution in [0.3, 0.4) is 0 Å². The molecule has 8 heteroatoms. The number of fused-ring (bicyclic) bond motifs is 1. The van der Waals surface area contributed by atoms with Gasteiger partial charge in [-0.25, -0.2) is 0 Å². The Kier molecular flexibility index (Phi) is 7.26. The zero-order chi connectivity index (χ0) is 20.6. The summed E-state index contributed by atoms with van der Waals surface area (Å²) in [6.45, 7) is 3.54. The maximum Gasteiger partial charge on any atom is 0.286 e. The van der Waals surface area contributed by atoms with Crippen LogP contribution < -0.4 is 19.0 Å². The molecule has 0 aliphatic carbocycles. The van der Waals surface area contributed by atoms with Gasteiger partial charge in [-0.05, 0) is 37.3 Å². The highest BCUT2D eigenvalue weighted by atomic mass is 32.1. The first kappa shape index (κ1) is 20.9. The number of hydrogen-bond donors (Lipinski definition) is 0. The lowest BCUT2D eigenvalue weighted by Crippen LogP contribution is -2.21. The van der Waals surface area contributed by atoms with E-state index in [2.05, 4.69) is 4.99 Å². The molecule has 0 bridgehead atoms. The van der Waals surface area contributed by atoms with Crippen LogP contribution in [0.4, 0.5) is 0 Å². The summed E-state index contributed by atoms with van der Waals surface area (Å²) in [6, 6.07) is 13.0. The van der Waals surface area contributed by atoms with Crippen molar-refractivity contribution in [1.82, 2.24) is 4.57 Å². The zero-order valence-electron chi connectivity index (χ0n) is 16.7. The van der Waals surface area contributed by atoms with Gasteiger partial charge in [0.05, 0.1) is 31.0 Å². The third-order valence-electron chi connectivity index (χ3n) is 4.19. The molecule has 7 nitrogen and oxygen atoms in total. The average molecular weight is 416 g/mol. The van der Waals surface area contributed by atoms with Crippen LogP contribution >= 0.6 is 11.3 Å². The normalized spacial score (nSPS) is 11.6. The van der Waals surface area contributed by atoms with Crippen molar-refractivity contribution < 1.29 is 23.7 Å². The predicted octanol–water partition coefficient (Wildman–Crippen LogP) is 3.26. The van der Waals surface area contributed by atoms with Gasteiger partial charge in [0.1, 0.15) is 5.75 Å². The molecule has 0 fully saturated rings. The minimum Gasteiger partial charge on any atom is -0.497 e. The molecule has 154 valence electrons. The molecule has 0 saturated carbocycles. The summed E-state index contributed by atoms with van der Waals surface area (Å²) >= 11 is 1.43. The maximum absolute atomic E-state index is 12.5. The zero-order valence-corrected chi connectivity index (χ0v) is 17.5. The lowest BCUT2D eigenvalue weighted by Gasteiger charge is -2.08. The summed E-state index contributed by atoms with van der Waals surface area (Å²) in [5.74, 6) is 1.46. The fraction of sp³-hybridized carbons (Fsp3) is 0.333. The van der Waals surface area contributed by atoms with Crippen LogP contribution in [0.25, 0.3) is 10.2 Å². The number of ether oxygens (including phenoxy) is 4. The van der Waals surface area contributed by atoms with Gasteiger partial charge in [-0.15, -0.1) is 0 Å². The third-order valence-corrected chi connectivity index (χ3v) is 5.23. The second-order valence-electron chi connectivity index (χ2n) is 6.01. The quantitative estimate of drug-likeness (QED) is 0.501. The van der Waals surface area contributed by atoms with Gasteiger partial charge in [-0.1, -0.05) is 23.5 Å². The van der Waals surface area contributed by atoms with Crippen LogP contribution in [0.15, 0.2) is 47.5 Å². The fourth-order valence-corrected chi connectivity index (χ4v) is 3.90. The summed E-state index contributed by atoms with van der Waals surface area (Å²) in [6.07, 6.45) is 0. The van der Waals surface area contributed by atoms with Gasteiger partial charge >= 0.3 is 0 Å². The summed E-state index contributed by atoms with van der Waals surface area (Å²) in [5.41, 5.74) is 0.979. The first-order chi connectivity index (χ1) is 14.2. The molecular weight excluding hydrogens is 392 g/mol. The standard InChI is InChI=1S/C21H24N2O5S/c1-4-27-12-11-23-16-10-9-15(25-2)13-19(16)29-21(23)22-20(24)14-28-18-8-6-5-7-17(18)26-3/h5-10,13H,4,11-12,14H2,1-3H3. The van der Waals surface area contributed by atoms with E-state index in [0.717, 1.165) is 16.0 Å². The van der Waals surface area contributed by atoms with Gasteiger partial charge in [0.2, 0.25) is 0 Å². The molecular formula is C21H24N2O5S. The monoisotopic (exact) mass is 416 g/mol. The van der Waals surface area contributed by atoms with Crippen molar-refractivity contribution in [3.63, 3.8) is 0 Å². The maximum atomic E-state index is 12.5. The number of amides is 1. The average Bonchev–Trinajstić information content (AvgIpc) is 3.08. The van der Waals surface area contributed by atoms with E-state index in [1.807, 2.05) is 41.8 Å². The fourth-order valence-electron chi connectivity index (χ4n) is 2.80. The summed E-state index contributed by atoms with van der Waals surface area (Å²) in [5, 5.41) is 0. The van der Waals surface area contributed by atoms with Crippen molar-refractivity contribution in [3.05, 3.63) is 47.3 Å². The van der Waals surface area contributed by atoms with Crippen LogP contribution in [-0.4, -0.2) is 44.5 Å². The number of hydrogen-bond acceptors (Lipinski definition) is 6. The molecule has 1 heterocycles.